The molecule has 90 valence electrons. The lowest BCUT2D eigenvalue weighted by atomic mass is 10.2. The van der Waals surface area contributed by atoms with Crippen LogP contribution in [0.1, 0.15) is 23.7 Å². The van der Waals surface area contributed by atoms with Gasteiger partial charge in [0.1, 0.15) is 0 Å². The van der Waals surface area contributed by atoms with Crippen LogP contribution in [0.15, 0.2) is 18.2 Å². The molecule has 1 amide bonds. The molecule has 1 aromatic carbocycles. The molecular formula is C11H16Cl2N2O. The zero-order valence-corrected chi connectivity index (χ0v) is 10.9. The van der Waals surface area contributed by atoms with Crippen molar-refractivity contribution in [3.05, 3.63) is 28.8 Å². The maximum atomic E-state index is 11.9. The Kier molecular flexibility index (Phi) is 6.22. The van der Waals surface area contributed by atoms with E-state index in [9.17, 15) is 4.79 Å². The van der Waals surface area contributed by atoms with Gasteiger partial charge in [-0.15, -0.1) is 12.4 Å². The molecule has 1 aromatic rings. The summed E-state index contributed by atoms with van der Waals surface area (Å²) in [5, 5.41) is 0.406. The summed E-state index contributed by atoms with van der Waals surface area (Å²) in [5.74, 6) is -0.0677. The van der Waals surface area contributed by atoms with Crippen molar-refractivity contribution in [1.82, 2.24) is 4.90 Å². The van der Waals surface area contributed by atoms with Crippen LogP contribution in [0.3, 0.4) is 0 Å². The number of rotatable bonds is 3. The lowest BCUT2D eigenvalue weighted by Gasteiger charge is -2.16. The van der Waals surface area contributed by atoms with E-state index in [1.54, 1.807) is 30.1 Å². The molecule has 0 aliphatic rings. The van der Waals surface area contributed by atoms with Crippen LogP contribution >= 0.6 is 24.0 Å². The van der Waals surface area contributed by atoms with E-state index in [1.807, 2.05) is 6.92 Å². The summed E-state index contributed by atoms with van der Waals surface area (Å²) in [7, 11) is 1.76. The van der Waals surface area contributed by atoms with E-state index in [0.29, 0.717) is 16.3 Å². The number of nitrogens with zero attached hydrogens (tertiary/aromatic N) is 1. The van der Waals surface area contributed by atoms with Gasteiger partial charge in [-0.1, -0.05) is 18.5 Å². The summed E-state index contributed by atoms with van der Waals surface area (Å²) >= 11 is 5.94. The van der Waals surface area contributed by atoms with Crippen LogP contribution in [0.4, 0.5) is 5.69 Å². The van der Waals surface area contributed by atoms with Gasteiger partial charge in [-0.05, 0) is 24.6 Å². The second kappa shape index (κ2) is 6.61. The Balaban J connectivity index is 0.00000225. The van der Waals surface area contributed by atoms with E-state index in [2.05, 4.69) is 0 Å². The summed E-state index contributed by atoms with van der Waals surface area (Å²) in [6, 6.07) is 4.93. The van der Waals surface area contributed by atoms with Gasteiger partial charge in [0.15, 0.2) is 0 Å². The van der Waals surface area contributed by atoms with Crippen molar-refractivity contribution < 1.29 is 4.79 Å². The average Bonchev–Trinajstić information content (AvgIpc) is 2.17. The van der Waals surface area contributed by atoms with E-state index < -0.39 is 0 Å². The van der Waals surface area contributed by atoms with Gasteiger partial charge < -0.3 is 10.6 Å². The first kappa shape index (κ1) is 15.1. The van der Waals surface area contributed by atoms with Gasteiger partial charge >= 0.3 is 0 Å². The molecule has 2 N–H and O–H groups in total. The molecule has 0 heterocycles. The van der Waals surface area contributed by atoms with Gasteiger partial charge in [0, 0.05) is 19.3 Å². The summed E-state index contributed by atoms with van der Waals surface area (Å²) in [4.78, 5) is 13.5. The molecule has 0 fully saturated rings. The van der Waals surface area contributed by atoms with E-state index in [0.717, 1.165) is 13.0 Å². The first-order chi connectivity index (χ1) is 7.06. The minimum absolute atomic E-state index is 0. The number of carbonyl (C=O) groups excluding carboxylic acids is 1. The van der Waals surface area contributed by atoms with Crippen molar-refractivity contribution in [2.45, 2.75) is 13.3 Å². The van der Waals surface area contributed by atoms with Crippen LogP contribution in [-0.2, 0) is 0 Å². The van der Waals surface area contributed by atoms with Crippen LogP contribution in [-0.4, -0.2) is 24.4 Å². The molecule has 16 heavy (non-hydrogen) atoms. The largest absolute Gasteiger partial charge is 0.399 e. The Morgan fingerprint density at radius 1 is 1.50 bits per heavy atom. The number of amides is 1. The van der Waals surface area contributed by atoms with Gasteiger partial charge in [-0.2, -0.15) is 0 Å². The van der Waals surface area contributed by atoms with E-state index in [4.69, 9.17) is 17.3 Å². The summed E-state index contributed by atoms with van der Waals surface area (Å²) < 4.78 is 0. The Bertz CT molecular complexity index is 369. The molecule has 0 aliphatic heterocycles. The molecule has 0 unspecified atom stereocenters. The number of nitrogen functional groups attached to an aromatic ring is 1. The van der Waals surface area contributed by atoms with Gasteiger partial charge in [0.05, 0.1) is 10.6 Å². The smallest absolute Gasteiger partial charge is 0.255 e. The zero-order chi connectivity index (χ0) is 11.4. The van der Waals surface area contributed by atoms with Crippen molar-refractivity contribution in [2.24, 2.45) is 0 Å². The van der Waals surface area contributed by atoms with Gasteiger partial charge in [0.25, 0.3) is 5.91 Å². The number of anilines is 1. The second-order valence-corrected chi connectivity index (χ2v) is 3.87. The minimum atomic E-state index is -0.0677. The van der Waals surface area contributed by atoms with E-state index in [-0.39, 0.29) is 18.3 Å². The lowest BCUT2D eigenvalue weighted by molar-refractivity contribution is 0.0795. The highest BCUT2D eigenvalue weighted by Gasteiger charge is 2.14. The number of hydrogen-bond donors (Lipinski definition) is 1. The van der Waals surface area contributed by atoms with Crippen molar-refractivity contribution in [3.8, 4) is 0 Å². The van der Waals surface area contributed by atoms with Crippen LogP contribution in [0.25, 0.3) is 0 Å². The Morgan fingerprint density at radius 2 is 2.12 bits per heavy atom. The Labute approximate surface area is 107 Å². The molecule has 0 aromatic heterocycles. The van der Waals surface area contributed by atoms with Crippen LogP contribution in [0, 0.1) is 0 Å². The fraction of sp³-hybridized carbons (Fsp3) is 0.364. The maximum absolute atomic E-state index is 11.9. The predicted molar refractivity (Wildman–Crippen MR) is 70.4 cm³/mol. The molecule has 5 heteroatoms. The van der Waals surface area contributed by atoms with E-state index >= 15 is 0 Å². The first-order valence-corrected chi connectivity index (χ1v) is 5.24. The SMILES string of the molecule is CCCN(C)C(=O)c1ccc(N)cc1Cl.Cl. The maximum Gasteiger partial charge on any atom is 0.255 e. The quantitative estimate of drug-likeness (QED) is 0.852. The standard InChI is InChI=1S/C11H15ClN2O.ClH/c1-3-6-14(2)11(15)9-5-4-8(13)7-10(9)12;/h4-5,7H,3,6,13H2,1-2H3;1H. The topological polar surface area (TPSA) is 46.3 Å². The predicted octanol–water partition coefficient (Wildman–Crippen LogP) is 2.83. The molecule has 0 spiro atoms. The van der Waals surface area contributed by atoms with Crippen molar-refractivity contribution in [3.63, 3.8) is 0 Å². The minimum Gasteiger partial charge on any atom is -0.399 e. The third-order valence-corrected chi connectivity index (χ3v) is 2.44. The summed E-state index contributed by atoms with van der Waals surface area (Å²) in [6.45, 7) is 2.74. The fourth-order valence-corrected chi connectivity index (χ4v) is 1.62. The van der Waals surface area contributed by atoms with Crippen molar-refractivity contribution in [1.29, 1.82) is 0 Å². The fourth-order valence-electron chi connectivity index (χ4n) is 1.35. The molecule has 0 atom stereocenters. The Hall–Kier alpha value is -0.930. The number of halogens is 2. The first-order valence-electron chi connectivity index (χ1n) is 4.86. The van der Waals surface area contributed by atoms with Crippen molar-refractivity contribution in [2.75, 3.05) is 19.3 Å². The van der Waals surface area contributed by atoms with Gasteiger partial charge in [-0.25, -0.2) is 0 Å². The highest BCUT2D eigenvalue weighted by Crippen LogP contribution is 2.20. The lowest BCUT2D eigenvalue weighted by Crippen LogP contribution is -2.27. The third kappa shape index (κ3) is 3.58. The van der Waals surface area contributed by atoms with Gasteiger partial charge in [0.2, 0.25) is 0 Å². The second-order valence-electron chi connectivity index (χ2n) is 3.47. The third-order valence-electron chi connectivity index (χ3n) is 2.13. The highest BCUT2D eigenvalue weighted by atomic mass is 35.5. The monoisotopic (exact) mass is 262 g/mol. The normalized spacial score (nSPS) is 9.44. The molecule has 3 nitrogen and oxygen atoms in total. The van der Waals surface area contributed by atoms with Crippen LogP contribution < -0.4 is 5.73 Å². The van der Waals surface area contributed by atoms with Crippen LogP contribution in [0.5, 0.6) is 0 Å². The highest BCUT2D eigenvalue weighted by molar-refractivity contribution is 6.34. The molecule has 0 aliphatic carbocycles. The molecule has 0 bridgehead atoms. The number of carbonyl (C=O) groups is 1. The number of hydrogen-bond acceptors (Lipinski definition) is 2. The zero-order valence-electron chi connectivity index (χ0n) is 9.37. The summed E-state index contributed by atoms with van der Waals surface area (Å²) in [5.41, 5.74) is 6.62. The average molecular weight is 263 g/mol. The van der Waals surface area contributed by atoms with Gasteiger partial charge in [-0.3, -0.25) is 4.79 Å². The number of nitrogens with two attached hydrogens (primary N) is 1. The number of benzene rings is 1. The Morgan fingerprint density at radius 3 is 2.62 bits per heavy atom. The van der Waals surface area contributed by atoms with E-state index in [1.165, 1.54) is 0 Å². The van der Waals surface area contributed by atoms with Crippen LogP contribution in [0.2, 0.25) is 5.02 Å². The summed E-state index contributed by atoms with van der Waals surface area (Å²) in [6.07, 6.45) is 0.925. The van der Waals surface area contributed by atoms with Crippen molar-refractivity contribution >= 4 is 35.6 Å². The molecule has 1 rings (SSSR count). The molecule has 0 saturated carbocycles. The molecule has 0 radical (unpaired) electrons. The molecular weight excluding hydrogens is 247 g/mol. The molecule has 0 saturated heterocycles.